The molecule has 2 N–H and O–H groups in total. The maximum absolute atomic E-state index is 13.5. The molecule has 0 amide bonds. The van der Waals surface area contributed by atoms with Gasteiger partial charge in [-0.2, -0.15) is 0 Å². The van der Waals surface area contributed by atoms with Gasteiger partial charge in [0, 0.05) is 11.6 Å². The molecule has 0 radical (unpaired) electrons. The van der Waals surface area contributed by atoms with Crippen LogP contribution in [0.25, 0.3) is 11.1 Å². The van der Waals surface area contributed by atoms with Gasteiger partial charge in [-0.05, 0) is 23.3 Å². The molecule has 0 aromatic heterocycles. The first-order valence-electron chi connectivity index (χ1n) is 5.45. The Morgan fingerprint density at radius 2 is 1.68 bits per heavy atom. The van der Waals surface area contributed by atoms with Gasteiger partial charge in [0.2, 0.25) is 0 Å². The third-order valence-corrected chi connectivity index (χ3v) is 2.70. The van der Waals surface area contributed by atoms with E-state index in [1.165, 1.54) is 30.3 Å². The number of benzene rings is 2. The van der Waals surface area contributed by atoms with Crippen LogP contribution in [0.1, 0.15) is 11.7 Å². The molecule has 0 aliphatic heterocycles. The summed E-state index contributed by atoms with van der Waals surface area (Å²) in [5, 5.41) is 18.0. The predicted molar refractivity (Wildman–Crippen MR) is 64.4 cm³/mol. The van der Waals surface area contributed by atoms with Gasteiger partial charge in [0.15, 0.2) is 6.10 Å². The van der Waals surface area contributed by atoms with Crippen molar-refractivity contribution >= 4 is 5.97 Å². The van der Waals surface area contributed by atoms with E-state index in [0.29, 0.717) is 5.56 Å². The van der Waals surface area contributed by atoms with E-state index in [2.05, 4.69) is 0 Å². The van der Waals surface area contributed by atoms with E-state index >= 15 is 0 Å². The number of carboxylic acid groups (broad SMARTS) is 1. The fourth-order valence-electron chi connectivity index (χ4n) is 1.71. The van der Waals surface area contributed by atoms with E-state index in [0.717, 1.165) is 12.1 Å². The number of aliphatic hydroxyl groups is 1. The summed E-state index contributed by atoms with van der Waals surface area (Å²) in [6.07, 6.45) is -1.62. The first-order chi connectivity index (χ1) is 8.99. The lowest BCUT2D eigenvalue weighted by molar-refractivity contribution is -0.146. The minimum atomic E-state index is -1.62. The first kappa shape index (κ1) is 13.2. The van der Waals surface area contributed by atoms with E-state index in [1.807, 2.05) is 0 Å². The highest BCUT2D eigenvalue weighted by Gasteiger charge is 2.15. The molecule has 2 rings (SSSR count). The van der Waals surface area contributed by atoms with Crippen LogP contribution in [0.4, 0.5) is 8.78 Å². The summed E-state index contributed by atoms with van der Waals surface area (Å²) in [5.41, 5.74) is 0.871. The molecule has 2 aromatic rings. The van der Waals surface area contributed by atoms with Gasteiger partial charge in [0.1, 0.15) is 11.6 Å². The first-order valence-corrected chi connectivity index (χ1v) is 5.45. The smallest absolute Gasteiger partial charge is 0.337 e. The van der Waals surface area contributed by atoms with Crippen LogP contribution in [0.2, 0.25) is 0 Å². The van der Waals surface area contributed by atoms with Gasteiger partial charge < -0.3 is 10.2 Å². The average molecular weight is 264 g/mol. The van der Waals surface area contributed by atoms with Gasteiger partial charge in [0.25, 0.3) is 0 Å². The quantitative estimate of drug-likeness (QED) is 0.896. The average Bonchev–Trinajstić information content (AvgIpc) is 2.38. The number of aliphatic carboxylic acids is 1. The van der Waals surface area contributed by atoms with E-state index in [9.17, 15) is 18.7 Å². The molecule has 2 aromatic carbocycles. The summed E-state index contributed by atoms with van der Waals surface area (Å²) >= 11 is 0. The molecular formula is C14H10F2O3. The molecule has 0 fully saturated rings. The van der Waals surface area contributed by atoms with E-state index in [4.69, 9.17) is 5.11 Å². The molecule has 0 saturated heterocycles. The summed E-state index contributed by atoms with van der Waals surface area (Å²) in [6, 6.07) is 8.92. The van der Waals surface area contributed by atoms with Crippen molar-refractivity contribution in [2.24, 2.45) is 0 Å². The van der Waals surface area contributed by atoms with E-state index in [1.54, 1.807) is 0 Å². The number of rotatable bonds is 3. The molecule has 3 nitrogen and oxygen atoms in total. The highest BCUT2D eigenvalue weighted by molar-refractivity contribution is 5.74. The van der Waals surface area contributed by atoms with Crippen LogP contribution >= 0.6 is 0 Å². The second-order valence-corrected chi connectivity index (χ2v) is 3.99. The molecule has 0 aliphatic rings. The maximum Gasteiger partial charge on any atom is 0.337 e. The summed E-state index contributed by atoms with van der Waals surface area (Å²) in [7, 11) is 0. The predicted octanol–water partition coefficient (Wildman–Crippen LogP) is 2.75. The van der Waals surface area contributed by atoms with Crippen molar-refractivity contribution in [3.63, 3.8) is 0 Å². The normalized spacial score (nSPS) is 12.2. The molecule has 1 unspecified atom stereocenters. The monoisotopic (exact) mass is 264 g/mol. The fraction of sp³-hybridized carbons (Fsp3) is 0.0714. The summed E-state index contributed by atoms with van der Waals surface area (Å²) in [4.78, 5) is 10.6. The Hall–Kier alpha value is -2.27. The Labute approximate surface area is 107 Å². The molecule has 0 heterocycles. The number of hydrogen-bond donors (Lipinski definition) is 2. The van der Waals surface area contributed by atoms with Gasteiger partial charge in [-0.1, -0.05) is 24.3 Å². The summed E-state index contributed by atoms with van der Waals surface area (Å²) < 4.78 is 26.3. The lowest BCUT2D eigenvalue weighted by Crippen LogP contribution is -2.10. The number of hydrogen-bond acceptors (Lipinski definition) is 2. The van der Waals surface area contributed by atoms with E-state index < -0.39 is 23.7 Å². The third-order valence-electron chi connectivity index (χ3n) is 2.70. The molecule has 0 bridgehead atoms. The minimum absolute atomic E-state index is 0.193. The lowest BCUT2D eigenvalue weighted by atomic mass is 10.0. The van der Waals surface area contributed by atoms with Crippen molar-refractivity contribution in [2.45, 2.75) is 6.10 Å². The van der Waals surface area contributed by atoms with Crippen LogP contribution in [0, 0.1) is 11.6 Å². The number of carboxylic acids is 1. The van der Waals surface area contributed by atoms with Gasteiger partial charge in [-0.25, -0.2) is 13.6 Å². The van der Waals surface area contributed by atoms with Crippen LogP contribution in [-0.4, -0.2) is 16.2 Å². The number of halogens is 2. The fourth-order valence-corrected chi connectivity index (χ4v) is 1.71. The van der Waals surface area contributed by atoms with Crippen LogP contribution < -0.4 is 0 Å². The van der Waals surface area contributed by atoms with Gasteiger partial charge in [0.05, 0.1) is 0 Å². The Bertz CT molecular complexity index is 609. The Kier molecular flexibility index (Phi) is 3.57. The summed E-state index contributed by atoms with van der Waals surface area (Å²) in [6.45, 7) is 0. The Balaban J connectivity index is 2.35. The number of carbonyl (C=O) groups is 1. The van der Waals surface area contributed by atoms with Crippen molar-refractivity contribution in [2.75, 3.05) is 0 Å². The zero-order valence-corrected chi connectivity index (χ0v) is 9.68. The Morgan fingerprint density at radius 3 is 2.21 bits per heavy atom. The molecule has 0 aliphatic carbocycles. The van der Waals surface area contributed by atoms with Crippen molar-refractivity contribution in [3.8, 4) is 11.1 Å². The zero-order chi connectivity index (χ0) is 14.0. The van der Waals surface area contributed by atoms with E-state index in [-0.39, 0.29) is 11.1 Å². The third kappa shape index (κ3) is 2.77. The molecule has 19 heavy (non-hydrogen) atoms. The second kappa shape index (κ2) is 5.16. The van der Waals surface area contributed by atoms with Gasteiger partial charge in [-0.15, -0.1) is 0 Å². The van der Waals surface area contributed by atoms with Crippen LogP contribution in [0.3, 0.4) is 0 Å². The highest BCUT2D eigenvalue weighted by Crippen LogP contribution is 2.25. The molecule has 5 heteroatoms. The van der Waals surface area contributed by atoms with Crippen molar-refractivity contribution in [3.05, 3.63) is 59.7 Å². The van der Waals surface area contributed by atoms with Crippen LogP contribution in [0.15, 0.2) is 42.5 Å². The zero-order valence-electron chi connectivity index (χ0n) is 9.68. The molecule has 0 spiro atoms. The Morgan fingerprint density at radius 1 is 1.05 bits per heavy atom. The molecule has 0 saturated carbocycles. The van der Waals surface area contributed by atoms with Crippen molar-refractivity contribution < 1.29 is 23.8 Å². The molecule has 1 atom stereocenters. The second-order valence-electron chi connectivity index (χ2n) is 3.99. The largest absolute Gasteiger partial charge is 0.479 e. The van der Waals surface area contributed by atoms with Crippen LogP contribution in [-0.2, 0) is 4.79 Å². The topological polar surface area (TPSA) is 57.5 Å². The van der Waals surface area contributed by atoms with Gasteiger partial charge >= 0.3 is 5.97 Å². The summed E-state index contributed by atoms with van der Waals surface area (Å²) in [5.74, 6) is -2.73. The maximum atomic E-state index is 13.5. The lowest BCUT2D eigenvalue weighted by Gasteiger charge is -2.08. The molecular weight excluding hydrogens is 254 g/mol. The van der Waals surface area contributed by atoms with Crippen LogP contribution in [0.5, 0.6) is 0 Å². The van der Waals surface area contributed by atoms with Crippen molar-refractivity contribution in [1.82, 2.24) is 0 Å². The van der Waals surface area contributed by atoms with Crippen molar-refractivity contribution in [1.29, 1.82) is 0 Å². The van der Waals surface area contributed by atoms with Gasteiger partial charge in [-0.3, -0.25) is 0 Å². The SMILES string of the molecule is O=C(O)C(O)c1ccc(-c2ccc(F)cc2F)cc1. The number of aliphatic hydroxyl groups excluding tert-OH is 1. The highest BCUT2D eigenvalue weighted by atomic mass is 19.1. The molecule has 98 valence electrons. The minimum Gasteiger partial charge on any atom is -0.479 e. The standard InChI is InChI=1S/C14H10F2O3/c15-10-5-6-11(12(16)7-10)8-1-3-9(4-2-8)13(17)14(18)19/h1-7,13,17H,(H,18,19).